The molecule has 0 aliphatic rings. The highest BCUT2D eigenvalue weighted by Gasteiger charge is 2.10. The van der Waals surface area contributed by atoms with Crippen molar-refractivity contribution < 1.29 is 4.79 Å². The van der Waals surface area contributed by atoms with E-state index >= 15 is 0 Å². The molecule has 98 valence electrons. The Morgan fingerprint density at radius 3 is 2.35 bits per heavy atom. The van der Waals surface area contributed by atoms with Gasteiger partial charge in [0.25, 0.3) is 0 Å². The van der Waals surface area contributed by atoms with Crippen molar-refractivity contribution in [3.63, 3.8) is 0 Å². The Hall–Kier alpha value is -2.41. The summed E-state index contributed by atoms with van der Waals surface area (Å²) in [6, 6.07) is 18.5. The van der Waals surface area contributed by atoms with Gasteiger partial charge < -0.3 is 0 Å². The number of rotatable bonds is 2. The first-order valence-electron chi connectivity index (χ1n) is 6.75. The van der Waals surface area contributed by atoms with E-state index in [4.69, 9.17) is 0 Å². The van der Waals surface area contributed by atoms with E-state index in [1.807, 2.05) is 30.3 Å². The molecule has 1 heteroatoms. The summed E-state index contributed by atoms with van der Waals surface area (Å²) >= 11 is 0. The molecule has 20 heavy (non-hydrogen) atoms. The lowest BCUT2D eigenvalue weighted by molar-refractivity contribution is 0.112. The molecule has 0 aromatic heterocycles. The highest BCUT2D eigenvalue weighted by atomic mass is 16.1. The van der Waals surface area contributed by atoms with E-state index in [1.165, 1.54) is 11.1 Å². The van der Waals surface area contributed by atoms with Crippen LogP contribution in [0.2, 0.25) is 0 Å². The van der Waals surface area contributed by atoms with Crippen LogP contribution in [0.4, 0.5) is 0 Å². The smallest absolute Gasteiger partial charge is 0.151 e. The fourth-order valence-electron chi connectivity index (χ4n) is 2.77. The van der Waals surface area contributed by atoms with Crippen LogP contribution in [0.3, 0.4) is 0 Å². The quantitative estimate of drug-likeness (QED) is 0.597. The number of aldehydes is 1. The Morgan fingerprint density at radius 1 is 0.850 bits per heavy atom. The standard InChI is InChI=1S/C19H16O/c1-13-7-9-16(14(2)11-13)18-10-8-15-5-3-4-6-17(15)19(18)12-20/h3-12H,1-2H3. The minimum atomic E-state index is 0.773. The van der Waals surface area contributed by atoms with Gasteiger partial charge >= 0.3 is 0 Å². The van der Waals surface area contributed by atoms with Crippen LogP contribution in [0.15, 0.2) is 54.6 Å². The third-order valence-electron chi connectivity index (χ3n) is 3.76. The Bertz CT molecular complexity index is 800. The van der Waals surface area contributed by atoms with E-state index in [-0.39, 0.29) is 0 Å². The van der Waals surface area contributed by atoms with Crippen molar-refractivity contribution in [2.45, 2.75) is 13.8 Å². The second kappa shape index (κ2) is 4.93. The number of aryl methyl sites for hydroxylation is 2. The van der Waals surface area contributed by atoms with Gasteiger partial charge in [-0.3, -0.25) is 4.79 Å². The van der Waals surface area contributed by atoms with E-state index in [1.54, 1.807) is 0 Å². The molecule has 0 saturated carbocycles. The van der Waals surface area contributed by atoms with Gasteiger partial charge in [0.05, 0.1) is 0 Å². The van der Waals surface area contributed by atoms with E-state index in [0.717, 1.165) is 33.7 Å². The number of hydrogen-bond donors (Lipinski definition) is 0. The second-order valence-corrected chi connectivity index (χ2v) is 5.18. The minimum Gasteiger partial charge on any atom is -0.298 e. The molecule has 0 heterocycles. The molecule has 3 aromatic rings. The van der Waals surface area contributed by atoms with Crippen LogP contribution in [-0.4, -0.2) is 6.29 Å². The Labute approximate surface area is 118 Å². The summed E-state index contributed by atoms with van der Waals surface area (Å²) in [7, 11) is 0. The fourth-order valence-corrected chi connectivity index (χ4v) is 2.77. The Morgan fingerprint density at radius 2 is 1.60 bits per heavy atom. The topological polar surface area (TPSA) is 17.1 Å². The lowest BCUT2D eigenvalue weighted by Gasteiger charge is -2.12. The third kappa shape index (κ3) is 2.01. The molecule has 3 aromatic carbocycles. The first-order valence-corrected chi connectivity index (χ1v) is 6.75. The van der Waals surface area contributed by atoms with Crippen molar-refractivity contribution in [3.05, 3.63) is 71.3 Å². The van der Waals surface area contributed by atoms with Gasteiger partial charge in [0, 0.05) is 5.56 Å². The summed E-state index contributed by atoms with van der Waals surface area (Å²) in [6.07, 6.45) is 0.969. The molecule has 0 atom stereocenters. The van der Waals surface area contributed by atoms with E-state index in [0.29, 0.717) is 0 Å². The normalized spacial score (nSPS) is 10.7. The average molecular weight is 260 g/mol. The zero-order valence-corrected chi connectivity index (χ0v) is 11.7. The lowest BCUT2D eigenvalue weighted by Crippen LogP contribution is -1.92. The van der Waals surface area contributed by atoms with Crippen molar-refractivity contribution in [3.8, 4) is 11.1 Å². The molecule has 0 saturated heterocycles. The summed E-state index contributed by atoms with van der Waals surface area (Å²) in [4.78, 5) is 11.6. The van der Waals surface area contributed by atoms with Gasteiger partial charge in [-0.1, -0.05) is 60.2 Å². The van der Waals surface area contributed by atoms with Crippen LogP contribution in [0.5, 0.6) is 0 Å². The Kier molecular flexibility index (Phi) is 3.11. The monoisotopic (exact) mass is 260 g/mol. The molecule has 0 fully saturated rings. The Balaban J connectivity index is 2.33. The van der Waals surface area contributed by atoms with Gasteiger partial charge in [0.2, 0.25) is 0 Å². The predicted molar refractivity (Wildman–Crippen MR) is 84.2 cm³/mol. The van der Waals surface area contributed by atoms with Crippen molar-refractivity contribution >= 4 is 17.1 Å². The lowest BCUT2D eigenvalue weighted by atomic mass is 9.92. The molecule has 0 amide bonds. The van der Waals surface area contributed by atoms with Crippen LogP contribution in [0.25, 0.3) is 21.9 Å². The molecular formula is C19H16O. The molecule has 3 rings (SSSR count). The molecule has 0 N–H and O–H groups in total. The number of carbonyl (C=O) groups excluding carboxylic acids is 1. The maximum Gasteiger partial charge on any atom is 0.151 e. The molecule has 1 nitrogen and oxygen atoms in total. The number of benzene rings is 3. The first-order chi connectivity index (χ1) is 9.70. The van der Waals surface area contributed by atoms with Crippen LogP contribution < -0.4 is 0 Å². The molecule has 0 spiro atoms. The highest BCUT2D eigenvalue weighted by molar-refractivity contribution is 6.04. The molecule has 0 aliphatic carbocycles. The molecule has 0 aliphatic heterocycles. The second-order valence-electron chi connectivity index (χ2n) is 5.18. The van der Waals surface area contributed by atoms with E-state index in [9.17, 15) is 4.79 Å². The summed E-state index contributed by atoms with van der Waals surface area (Å²) in [5, 5.41) is 2.11. The van der Waals surface area contributed by atoms with E-state index in [2.05, 4.69) is 38.1 Å². The molecule has 0 unspecified atom stereocenters. The van der Waals surface area contributed by atoms with Gasteiger partial charge in [-0.15, -0.1) is 0 Å². The van der Waals surface area contributed by atoms with Gasteiger partial charge in [-0.2, -0.15) is 0 Å². The SMILES string of the molecule is Cc1ccc(-c2ccc3ccccc3c2C=O)c(C)c1. The van der Waals surface area contributed by atoms with Crippen LogP contribution in [0, 0.1) is 13.8 Å². The van der Waals surface area contributed by atoms with Crippen molar-refractivity contribution in [1.29, 1.82) is 0 Å². The minimum absolute atomic E-state index is 0.773. The van der Waals surface area contributed by atoms with Gasteiger partial charge in [-0.25, -0.2) is 0 Å². The van der Waals surface area contributed by atoms with Crippen molar-refractivity contribution in [1.82, 2.24) is 0 Å². The van der Waals surface area contributed by atoms with Gasteiger partial charge in [0.1, 0.15) is 0 Å². The van der Waals surface area contributed by atoms with Crippen molar-refractivity contribution in [2.75, 3.05) is 0 Å². The van der Waals surface area contributed by atoms with Crippen LogP contribution in [0.1, 0.15) is 21.5 Å². The average Bonchev–Trinajstić information content (AvgIpc) is 2.46. The van der Waals surface area contributed by atoms with Crippen LogP contribution in [-0.2, 0) is 0 Å². The zero-order valence-electron chi connectivity index (χ0n) is 11.7. The molecular weight excluding hydrogens is 244 g/mol. The first kappa shape index (κ1) is 12.6. The molecule has 0 radical (unpaired) electrons. The van der Waals surface area contributed by atoms with Crippen molar-refractivity contribution in [2.24, 2.45) is 0 Å². The zero-order chi connectivity index (χ0) is 14.1. The maximum absolute atomic E-state index is 11.6. The molecule has 0 bridgehead atoms. The summed E-state index contributed by atoms with van der Waals surface area (Å²) in [5.74, 6) is 0. The third-order valence-corrected chi connectivity index (χ3v) is 3.76. The van der Waals surface area contributed by atoms with Crippen LogP contribution >= 0.6 is 0 Å². The van der Waals surface area contributed by atoms with Gasteiger partial charge in [0.15, 0.2) is 6.29 Å². The fraction of sp³-hybridized carbons (Fsp3) is 0.105. The number of fused-ring (bicyclic) bond motifs is 1. The predicted octanol–water partition coefficient (Wildman–Crippen LogP) is 4.94. The summed E-state index contributed by atoms with van der Waals surface area (Å²) < 4.78 is 0. The highest BCUT2D eigenvalue weighted by Crippen LogP contribution is 2.31. The summed E-state index contributed by atoms with van der Waals surface area (Å²) in [6.45, 7) is 4.17. The number of hydrogen-bond acceptors (Lipinski definition) is 1. The summed E-state index contributed by atoms with van der Waals surface area (Å²) in [5.41, 5.74) is 5.35. The van der Waals surface area contributed by atoms with E-state index < -0.39 is 0 Å². The van der Waals surface area contributed by atoms with Gasteiger partial charge in [-0.05, 0) is 41.3 Å². The largest absolute Gasteiger partial charge is 0.298 e. The maximum atomic E-state index is 11.6. The number of carbonyl (C=O) groups is 1.